The largest absolute Gasteiger partial charge is 0.456 e. The molecule has 2 heteroatoms. The molecule has 1 aromatic heterocycles. The summed E-state index contributed by atoms with van der Waals surface area (Å²) in [5, 5.41) is 7.36. The van der Waals surface area contributed by atoms with Gasteiger partial charge in [-0.25, -0.2) is 0 Å². The lowest BCUT2D eigenvalue weighted by molar-refractivity contribution is 0.661. The van der Waals surface area contributed by atoms with Gasteiger partial charge < -0.3 is 9.32 Å². The van der Waals surface area contributed by atoms with Gasteiger partial charge in [0.2, 0.25) is 0 Å². The third-order valence-corrected chi connectivity index (χ3v) is 10.6. The molecule has 0 saturated carbocycles. The Hall–Kier alpha value is -6.12. The van der Waals surface area contributed by atoms with Crippen LogP contribution >= 0.6 is 0 Å². The van der Waals surface area contributed by atoms with Gasteiger partial charge in [-0.3, -0.25) is 0 Å². The van der Waals surface area contributed by atoms with Crippen molar-refractivity contribution in [3.05, 3.63) is 175 Å². The molecule has 0 atom stereocenters. The normalized spacial score (nSPS) is 13.3. The number of nitrogens with zero attached hydrogens (tertiary/aromatic N) is 1. The molecule has 0 saturated heterocycles. The highest BCUT2D eigenvalue weighted by molar-refractivity contribution is 6.17. The first-order chi connectivity index (χ1) is 24.0. The van der Waals surface area contributed by atoms with Crippen molar-refractivity contribution < 1.29 is 4.42 Å². The summed E-state index contributed by atoms with van der Waals surface area (Å²) in [6, 6.07) is 59.4. The average molecular weight is 628 g/mol. The minimum atomic E-state index is -0.0436. The second-order valence-electron chi connectivity index (χ2n) is 13.8. The molecule has 1 aliphatic carbocycles. The van der Waals surface area contributed by atoms with Crippen LogP contribution in [0.3, 0.4) is 0 Å². The minimum Gasteiger partial charge on any atom is -0.456 e. The Morgan fingerprint density at radius 3 is 2.02 bits per heavy atom. The van der Waals surface area contributed by atoms with Crippen LogP contribution in [0.15, 0.2) is 168 Å². The molecule has 0 spiro atoms. The maximum Gasteiger partial charge on any atom is 0.137 e. The summed E-state index contributed by atoms with van der Waals surface area (Å²) >= 11 is 0. The monoisotopic (exact) mass is 627 g/mol. The lowest BCUT2D eigenvalue weighted by Gasteiger charge is -2.26. The standard InChI is InChI=1S/C47H33NO/c1-47(2)41-17-8-6-16-40(41)46-42(47)26-21-31-19-20-33-28-35(22-24-37(33)45(31)46)48(34-14-10-13-32(27-34)30-11-4-3-5-12-30)36-23-25-39-38-15-7-9-18-43(38)49-44(39)29-36/h3-29H,1-2H3. The molecule has 8 aromatic carbocycles. The van der Waals surface area contributed by atoms with Crippen molar-refractivity contribution in [3.63, 3.8) is 0 Å². The predicted octanol–water partition coefficient (Wildman–Crippen LogP) is 13.3. The van der Waals surface area contributed by atoms with Gasteiger partial charge in [0.15, 0.2) is 0 Å². The van der Waals surface area contributed by atoms with Gasteiger partial charge in [0.05, 0.1) is 0 Å². The Kier molecular flexibility index (Phi) is 5.95. The topological polar surface area (TPSA) is 16.4 Å². The van der Waals surface area contributed by atoms with Gasteiger partial charge in [-0.15, -0.1) is 0 Å². The van der Waals surface area contributed by atoms with E-state index >= 15 is 0 Å². The van der Waals surface area contributed by atoms with Gasteiger partial charge >= 0.3 is 0 Å². The molecule has 9 aromatic rings. The van der Waals surface area contributed by atoms with Crippen molar-refractivity contribution in [2.45, 2.75) is 19.3 Å². The highest BCUT2D eigenvalue weighted by Gasteiger charge is 2.36. The fourth-order valence-corrected chi connectivity index (χ4v) is 8.23. The van der Waals surface area contributed by atoms with Crippen molar-refractivity contribution in [1.82, 2.24) is 0 Å². The van der Waals surface area contributed by atoms with Gasteiger partial charge in [-0.05, 0) is 97.4 Å². The lowest BCUT2D eigenvalue weighted by atomic mass is 9.82. The van der Waals surface area contributed by atoms with E-state index < -0.39 is 0 Å². The predicted molar refractivity (Wildman–Crippen MR) is 206 cm³/mol. The molecule has 0 amide bonds. The Balaban J connectivity index is 1.20. The van der Waals surface area contributed by atoms with E-state index in [2.05, 4.69) is 170 Å². The molecule has 1 aliphatic rings. The Morgan fingerprint density at radius 2 is 1.12 bits per heavy atom. The van der Waals surface area contributed by atoms with Gasteiger partial charge in [0.1, 0.15) is 11.2 Å². The summed E-state index contributed by atoms with van der Waals surface area (Å²) in [4.78, 5) is 2.36. The van der Waals surface area contributed by atoms with Crippen LogP contribution in [0.2, 0.25) is 0 Å². The van der Waals surface area contributed by atoms with E-state index in [0.29, 0.717) is 0 Å². The van der Waals surface area contributed by atoms with Gasteiger partial charge in [0, 0.05) is 39.3 Å². The summed E-state index contributed by atoms with van der Waals surface area (Å²) in [7, 11) is 0. The molecule has 0 unspecified atom stereocenters. The van der Waals surface area contributed by atoms with Crippen LogP contribution in [0.4, 0.5) is 17.1 Å². The van der Waals surface area contributed by atoms with Crippen LogP contribution in [-0.4, -0.2) is 0 Å². The van der Waals surface area contributed by atoms with Crippen LogP contribution in [0.1, 0.15) is 25.0 Å². The van der Waals surface area contributed by atoms with Gasteiger partial charge in [-0.1, -0.05) is 129 Å². The summed E-state index contributed by atoms with van der Waals surface area (Å²) < 4.78 is 6.39. The molecule has 232 valence electrons. The van der Waals surface area contributed by atoms with Gasteiger partial charge in [-0.2, -0.15) is 0 Å². The second kappa shape index (κ2) is 10.4. The van der Waals surface area contributed by atoms with E-state index in [1.807, 2.05) is 12.1 Å². The molecule has 10 rings (SSSR count). The zero-order chi connectivity index (χ0) is 32.7. The molecule has 2 nitrogen and oxygen atoms in total. The zero-order valence-corrected chi connectivity index (χ0v) is 27.4. The maximum atomic E-state index is 6.39. The van der Waals surface area contributed by atoms with E-state index in [9.17, 15) is 0 Å². The van der Waals surface area contributed by atoms with E-state index in [0.717, 1.165) is 39.0 Å². The summed E-state index contributed by atoms with van der Waals surface area (Å²) in [5.41, 5.74) is 12.9. The molecule has 0 fully saturated rings. The molecular formula is C47H33NO. The Bertz CT molecular complexity index is 2750. The van der Waals surface area contributed by atoms with Crippen molar-refractivity contribution in [2.75, 3.05) is 4.90 Å². The Morgan fingerprint density at radius 1 is 0.449 bits per heavy atom. The van der Waals surface area contributed by atoms with Crippen LogP contribution in [0, 0.1) is 0 Å². The molecule has 0 N–H and O–H groups in total. The first-order valence-electron chi connectivity index (χ1n) is 17.0. The fourth-order valence-electron chi connectivity index (χ4n) is 8.23. The highest BCUT2D eigenvalue weighted by Crippen LogP contribution is 2.52. The van der Waals surface area contributed by atoms with Crippen LogP contribution < -0.4 is 4.90 Å². The smallest absolute Gasteiger partial charge is 0.137 e. The zero-order valence-electron chi connectivity index (χ0n) is 27.4. The Labute approximate surface area is 285 Å². The van der Waals surface area contributed by atoms with E-state index in [1.165, 1.54) is 54.9 Å². The van der Waals surface area contributed by atoms with E-state index in [1.54, 1.807) is 0 Å². The van der Waals surface area contributed by atoms with Gasteiger partial charge in [0.25, 0.3) is 0 Å². The van der Waals surface area contributed by atoms with Crippen LogP contribution in [0.5, 0.6) is 0 Å². The molecule has 49 heavy (non-hydrogen) atoms. The van der Waals surface area contributed by atoms with E-state index in [4.69, 9.17) is 4.42 Å². The first-order valence-corrected chi connectivity index (χ1v) is 17.0. The third kappa shape index (κ3) is 4.20. The molecule has 1 heterocycles. The fraction of sp³-hybridized carbons (Fsp3) is 0.0638. The maximum absolute atomic E-state index is 6.39. The minimum absolute atomic E-state index is 0.0436. The molecule has 0 aliphatic heterocycles. The number of rotatable bonds is 4. The van der Waals surface area contributed by atoms with Crippen molar-refractivity contribution in [2.24, 2.45) is 0 Å². The van der Waals surface area contributed by atoms with Crippen molar-refractivity contribution >= 4 is 60.5 Å². The van der Waals surface area contributed by atoms with Crippen molar-refractivity contribution in [1.29, 1.82) is 0 Å². The number of anilines is 3. The quantitative estimate of drug-likeness (QED) is 0.181. The number of hydrogen-bond acceptors (Lipinski definition) is 2. The third-order valence-electron chi connectivity index (χ3n) is 10.6. The number of hydrogen-bond donors (Lipinski definition) is 0. The average Bonchev–Trinajstić information content (AvgIpc) is 3.63. The number of fused-ring (bicyclic) bond motifs is 10. The number of furan rings is 1. The molecule has 0 bridgehead atoms. The van der Waals surface area contributed by atoms with Crippen LogP contribution in [0.25, 0.3) is 65.7 Å². The summed E-state index contributed by atoms with van der Waals surface area (Å²) in [6.45, 7) is 4.71. The molecule has 0 radical (unpaired) electrons. The van der Waals surface area contributed by atoms with Crippen molar-refractivity contribution in [3.8, 4) is 22.3 Å². The lowest BCUT2D eigenvalue weighted by Crippen LogP contribution is -2.14. The SMILES string of the molecule is CC1(C)c2ccccc2-c2c1ccc1ccc3cc(N(c4cccc(-c5ccccc5)c4)c4ccc5c(c4)oc4ccccc45)ccc3c21. The van der Waals surface area contributed by atoms with Crippen LogP contribution in [-0.2, 0) is 5.41 Å². The highest BCUT2D eigenvalue weighted by atomic mass is 16.3. The molecular weight excluding hydrogens is 595 g/mol. The first kappa shape index (κ1) is 27.9. The summed E-state index contributed by atoms with van der Waals surface area (Å²) in [6.07, 6.45) is 0. The number of para-hydroxylation sites is 1. The van der Waals surface area contributed by atoms with E-state index in [-0.39, 0.29) is 5.41 Å². The second-order valence-corrected chi connectivity index (χ2v) is 13.8. The number of benzene rings is 8. The summed E-state index contributed by atoms with van der Waals surface area (Å²) in [5.74, 6) is 0.